The molecular weight excluding hydrogens is 360 g/mol. The molecule has 2 aromatic carbocycles. The summed E-state index contributed by atoms with van der Waals surface area (Å²) in [6.07, 6.45) is 0. The van der Waals surface area contributed by atoms with E-state index in [0.717, 1.165) is 11.8 Å². The number of hydrogen-bond acceptors (Lipinski definition) is 3. The van der Waals surface area contributed by atoms with Crippen molar-refractivity contribution in [2.45, 2.75) is 0 Å². The van der Waals surface area contributed by atoms with Gasteiger partial charge >= 0.3 is 0 Å². The lowest BCUT2D eigenvalue weighted by Crippen LogP contribution is -2.15. The molecule has 0 saturated carbocycles. The number of thioether (sulfide) groups is 1. The molecule has 0 saturated heterocycles. The van der Waals surface area contributed by atoms with E-state index in [9.17, 15) is 14.0 Å². The summed E-state index contributed by atoms with van der Waals surface area (Å²) in [6.45, 7) is 0. The van der Waals surface area contributed by atoms with Crippen LogP contribution < -0.4 is 5.32 Å². The minimum absolute atomic E-state index is 0.0185. The third kappa shape index (κ3) is 5.53. The van der Waals surface area contributed by atoms with Gasteiger partial charge in [-0.25, -0.2) is 4.39 Å². The van der Waals surface area contributed by atoms with E-state index in [0.29, 0.717) is 15.7 Å². The molecule has 0 radical (unpaired) electrons. The number of benzene rings is 2. The lowest BCUT2D eigenvalue weighted by Gasteiger charge is -2.06. The van der Waals surface area contributed by atoms with Crippen LogP contribution in [0.4, 0.5) is 10.1 Å². The van der Waals surface area contributed by atoms with Gasteiger partial charge in [-0.15, -0.1) is 11.8 Å². The van der Waals surface area contributed by atoms with Gasteiger partial charge in [0, 0.05) is 15.7 Å². The Kier molecular flexibility index (Phi) is 6.45. The summed E-state index contributed by atoms with van der Waals surface area (Å²) >= 11 is 12.8. The van der Waals surface area contributed by atoms with E-state index in [1.165, 1.54) is 18.2 Å². The topological polar surface area (TPSA) is 46.2 Å². The second-order valence-corrected chi connectivity index (χ2v) is 6.46. The fourth-order valence-electron chi connectivity index (χ4n) is 1.82. The smallest absolute Gasteiger partial charge is 0.234 e. The quantitative estimate of drug-likeness (QED) is 0.749. The average Bonchev–Trinajstić information content (AvgIpc) is 2.46. The van der Waals surface area contributed by atoms with E-state index in [1.54, 1.807) is 24.3 Å². The van der Waals surface area contributed by atoms with Crippen molar-refractivity contribution in [1.29, 1.82) is 0 Å². The van der Waals surface area contributed by atoms with E-state index >= 15 is 0 Å². The fourth-order valence-corrected chi connectivity index (χ4v) is 3.05. The van der Waals surface area contributed by atoms with E-state index in [1.807, 2.05) is 0 Å². The molecule has 0 aromatic heterocycles. The van der Waals surface area contributed by atoms with E-state index in [4.69, 9.17) is 23.2 Å². The molecule has 23 heavy (non-hydrogen) atoms. The van der Waals surface area contributed by atoms with Crippen molar-refractivity contribution in [3.05, 3.63) is 63.9 Å². The maximum atomic E-state index is 13.5. The van der Waals surface area contributed by atoms with Crippen molar-refractivity contribution in [3.63, 3.8) is 0 Å². The van der Waals surface area contributed by atoms with Crippen molar-refractivity contribution in [2.24, 2.45) is 0 Å². The highest BCUT2D eigenvalue weighted by molar-refractivity contribution is 8.00. The second-order valence-electron chi connectivity index (χ2n) is 4.60. The van der Waals surface area contributed by atoms with Gasteiger partial charge in [-0.05, 0) is 30.3 Å². The molecule has 2 aromatic rings. The SMILES string of the molecule is O=C(CSCC(=O)c1ccccc1F)Nc1cc(Cl)cc(Cl)c1. The number of rotatable bonds is 6. The number of Topliss-reactive ketones (excluding diaryl/α,β-unsaturated/α-hetero) is 1. The Morgan fingerprint density at radius 3 is 2.35 bits per heavy atom. The van der Waals surface area contributed by atoms with Gasteiger partial charge in [-0.3, -0.25) is 9.59 Å². The first-order chi connectivity index (χ1) is 11.0. The minimum Gasteiger partial charge on any atom is -0.325 e. The molecule has 0 aliphatic carbocycles. The number of ketones is 1. The summed E-state index contributed by atoms with van der Waals surface area (Å²) in [4.78, 5) is 23.7. The van der Waals surface area contributed by atoms with Crippen LogP contribution in [0.5, 0.6) is 0 Å². The predicted octanol–water partition coefficient (Wildman–Crippen LogP) is 4.69. The van der Waals surface area contributed by atoms with Crippen LogP contribution in [0.3, 0.4) is 0 Å². The van der Waals surface area contributed by atoms with Crippen molar-refractivity contribution >= 4 is 52.3 Å². The zero-order chi connectivity index (χ0) is 16.8. The van der Waals surface area contributed by atoms with Crippen molar-refractivity contribution < 1.29 is 14.0 Å². The van der Waals surface area contributed by atoms with Gasteiger partial charge in [0.05, 0.1) is 17.1 Å². The minimum atomic E-state index is -0.559. The van der Waals surface area contributed by atoms with Crippen LogP contribution >= 0.6 is 35.0 Å². The lowest BCUT2D eigenvalue weighted by atomic mass is 10.1. The number of carbonyl (C=O) groups is 2. The van der Waals surface area contributed by atoms with Crippen LogP contribution in [0.15, 0.2) is 42.5 Å². The Bertz CT molecular complexity index is 720. The summed E-state index contributed by atoms with van der Waals surface area (Å²) < 4.78 is 13.5. The number of anilines is 1. The Balaban J connectivity index is 1.83. The molecule has 2 rings (SSSR count). The molecule has 0 atom stereocenters. The molecule has 0 spiro atoms. The van der Waals surface area contributed by atoms with Crippen molar-refractivity contribution in [1.82, 2.24) is 0 Å². The summed E-state index contributed by atoms with van der Waals surface area (Å²) in [5, 5.41) is 3.46. The zero-order valence-corrected chi connectivity index (χ0v) is 14.1. The van der Waals surface area contributed by atoms with Gasteiger partial charge < -0.3 is 5.32 Å². The first kappa shape index (κ1) is 17.8. The Labute approximate surface area is 147 Å². The molecular formula is C16H12Cl2FNO2S. The first-order valence-electron chi connectivity index (χ1n) is 6.57. The summed E-state index contributed by atoms with van der Waals surface area (Å²) in [6, 6.07) is 10.5. The summed E-state index contributed by atoms with van der Waals surface area (Å²) in [5.41, 5.74) is 0.510. The first-order valence-corrected chi connectivity index (χ1v) is 8.48. The standard InChI is InChI=1S/C16H12Cl2FNO2S/c17-10-5-11(18)7-12(6-10)20-16(22)9-23-8-15(21)13-3-1-2-4-14(13)19/h1-7H,8-9H2,(H,20,22). The molecule has 120 valence electrons. The highest BCUT2D eigenvalue weighted by atomic mass is 35.5. The van der Waals surface area contributed by atoms with Crippen LogP contribution in [0.1, 0.15) is 10.4 Å². The highest BCUT2D eigenvalue weighted by Crippen LogP contribution is 2.22. The highest BCUT2D eigenvalue weighted by Gasteiger charge is 2.12. The molecule has 0 heterocycles. The Morgan fingerprint density at radius 1 is 1.04 bits per heavy atom. The Morgan fingerprint density at radius 2 is 1.70 bits per heavy atom. The van der Waals surface area contributed by atoms with Crippen LogP contribution in [0.2, 0.25) is 10.0 Å². The molecule has 0 aliphatic heterocycles. The van der Waals surface area contributed by atoms with Gasteiger partial charge in [-0.2, -0.15) is 0 Å². The van der Waals surface area contributed by atoms with E-state index in [2.05, 4.69) is 5.32 Å². The van der Waals surface area contributed by atoms with Crippen molar-refractivity contribution in [2.75, 3.05) is 16.8 Å². The molecule has 0 aliphatic rings. The predicted molar refractivity (Wildman–Crippen MR) is 93.1 cm³/mol. The summed E-state index contributed by atoms with van der Waals surface area (Å²) in [7, 11) is 0. The maximum Gasteiger partial charge on any atom is 0.234 e. The molecule has 0 unspecified atom stereocenters. The van der Waals surface area contributed by atoms with Crippen molar-refractivity contribution in [3.8, 4) is 0 Å². The van der Waals surface area contributed by atoms with Gasteiger partial charge in [0.2, 0.25) is 5.91 Å². The maximum absolute atomic E-state index is 13.5. The molecule has 0 fully saturated rings. The summed E-state index contributed by atoms with van der Waals surface area (Å²) in [5.74, 6) is -1.13. The van der Waals surface area contributed by atoms with Crippen LogP contribution in [-0.4, -0.2) is 23.2 Å². The number of nitrogens with one attached hydrogen (secondary N) is 1. The van der Waals surface area contributed by atoms with Crippen LogP contribution in [-0.2, 0) is 4.79 Å². The normalized spacial score (nSPS) is 10.4. The number of halogens is 3. The molecule has 1 N–H and O–H groups in total. The monoisotopic (exact) mass is 371 g/mol. The van der Waals surface area contributed by atoms with Gasteiger partial charge in [0.25, 0.3) is 0 Å². The van der Waals surface area contributed by atoms with Gasteiger partial charge in [-0.1, -0.05) is 35.3 Å². The van der Waals surface area contributed by atoms with Gasteiger partial charge in [0.15, 0.2) is 5.78 Å². The third-order valence-corrected chi connectivity index (χ3v) is 4.16. The average molecular weight is 372 g/mol. The van der Waals surface area contributed by atoms with E-state index < -0.39 is 5.82 Å². The number of hydrogen-bond donors (Lipinski definition) is 1. The van der Waals surface area contributed by atoms with Crippen LogP contribution in [0, 0.1) is 5.82 Å². The largest absolute Gasteiger partial charge is 0.325 e. The number of amides is 1. The zero-order valence-electron chi connectivity index (χ0n) is 11.8. The molecule has 3 nitrogen and oxygen atoms in total. The number of carbonyl (C=O) groups excluding carboxylic acids is 2. The molecule has 0 bridgehead atoms. The Hall–Kier alpha value is -1.56. The van der Waals surface area contributed by atoms with Crippen LogP contribution in [0.25, 0.3) is 0 Å². The molecule has 7 heteroatoms. The second kappa shape index (κ2) is 8.34. The lowest BCUT2D eigenvalue weighted by molar-refractivity contribution is -0.113. The fraction of sp³-hybridized carbons (Fsp3) is 0.125. The third-order valence-electron chi connectivity index (χ3n) is 2.79. The van der Waals surface area contributed by atoms with E-state index in [-0.39, 0.29) is 28.8 Å². The molecule has 1 amide bonds. The van der Waals surface area contributed by atoms with Gasteiger partial charge in [0.1, 0.15) is 5.82 Å².